The van der Waals surface area contributed by atoms with Gasteiger partial charge in [0, 0.05) is 12.7 Å². The summed E-state index contributed by atoms with van der Waals surface area (Å²) in [6.45, 7) is 0.488. The highest BCUT2D eigenvalue weighted by Gasteiger charge is 2.38. The molecule has 0 amide bonds. The van der Waals surface area contributed by atoms with Crippen molar-refractivity contribution in [3.8, 4) is 0 Å². The number of hydrogen-bond donors (Lipinski definition) is 1. The molecule has 1 aliphatic heterocycles. The largest absolute Gasteiger partial charge is 0.384 e. The summed E-state index contributed by atoms with van der Waals surface area (Å²) < 4.78 is 27.8. The molecule has 24 heavy (non-hydrogen) atoms. The molecule has 1 atom stereocenters. The highest BCUT2D eigenvalue weighted by atomic mass is 32.2. The molecule has 126 valence electrons. The number of benzene rings is 1. The molecule has 0 saturated carbocycles. The van der Waals surface area contributed by atoms with E-state index in [9.17, 15) is 8.42 Å². The minimum atomic E-state index is -3.56. The van der Waals surface area contributed by atoms with Crippen LogP contribution in [0.25, 0.3) is 0 Å². The Hall–Kier alpha value is -1.99. The van der Waals surface area contributed by atoms with Crippen molar-refractivity contribution in [1.82, 2.24) is 14.3 Å². The van der Waals surface area contributed by atoms with Crippen LogP contribution in [0.5, 0.6) is 0 Å². The van der Waals surface area contributed by atoms with Gasteiger partial charge in [-0.15, -0.1) is 0 Å². The Balaban J connectivity index is 1.70. The molecule has 2 heterocycles. The predicted molar refractivity (Wildman–Crippen MR) is 90.8 cm³/mol. The van der Waals surface area contributed by atoms with Gasteiger partial charge in [0.05, 0.1) is 10.9 Å². The zero-order valence-electron chi connectivity index (χ0n) is 13.4. The molecular formula is C17H20N4O2S. The van der Waals surface area contributed by atoms with Crippen LogP contribution >= 0.6 is 0 Å². The Kier molecular flexibility index (Phi) is 3.77. The van der Waals surface area contributed by atoms with Gasteiger partial charge in [-0.25, -0.2) is 18.4 Å². The van der Waals surface area contributed by atoms with E-state index in [1.54, 1.807) is 18.3 Å². The summed E-state index contributed by atoms with van der Waals surface area (Å²) in [6, 6.07) is 6.80. The van der Waals surface area contributed by atoms with Gasteiger partial charge in [-0.1, -0.05) is 6.07 Å². The third-order valence-electron chi connectivity index (χ3n) is 4.87. The lowest BCUT2D eigenvalue weighted by Gasteiger charge is -2.23. The first kappa shape index (κ1) is 15.5. The first-order chi connectivity index (χ1) is 11.6. The standard InChI is InChI=1S/C17H20N4O2S/c18-16-8-9-19-17(20-16)15-5-2-10-21(15)24(22,23)14-7-6-12-3-1-4-13(12)11-14/h6-9,11,15H,1-5,10H2,(H2,18,19,20). The number of sulfonamides is 1. The zero-order valence-corrected chi connectivity index (χ0v) is 14.2. The van der Waals surface area contributed by atoms with Crippen molar-refractivity contribution in [2.45, 2.75) is 43.0 Å². The molecule has 2 N–H and O–H groups in total. The highest BCUT2D eigenvalue weighted by molar-refractivity contribution is 7.89. The monoisotopic (exact) mass is 344 g/mol. The van der Waals surface area contributed by atoms with Crippen molar-refractivity contribution in [1.29, 1.82) is 0 Å². The molecule has 6 nitrogen and oxygen atoms in total. The van der Waals surface area contributed by atoms with Gasteiger partial charge in [0.15, 0.2) is 0 Å². The van der Waals surface area contributed by atoms with E-state index >= 15 is 0 Å². The van der Waals surface area contributed by atoms with E-state index in [0.29, 0.717) is 29.5 Å². The first-order valence-electron chi connectivity index (χ1n) is 8.28. The second-order valence-electron chi connectivity index (χ2n) is 6.40. The maximum atomic E-state index is 13.1. The van der Waals surface area contributed by atoms with Crippen molar-refractivity contribution >= 4 is 15.8 Å². The van der Waals surface area contributed by atoms with Gasteiger partial charge in [0.2, 0.25) is 10.0 Å². The molecule has 1 aromatic carbocycles. The molecule has 1 fully saturated rings. The number of anilines is 1. The van der Waals surface area contributed by atoms with Gasteiger partial charge in [-0.05, 0) is 61.4 Å². The van der Waals surface area contributed by atoms with E-state index in [2.05, 4.69) is 9.97 Å². The topological polar surface area (TPSA) is 89.2 Å². The zero-order chi connectivity index (χ0) is 16.7. The Morgan fingerprint density at radius 1 is 1.12 bits per heavy atom. The van der Waals surface area contributed by atoms with Crippen molar-refractivity contribution in [3.05, 3.63) is 47.4 Å². The van der Waals surface area contributed by atoms with Crippen molar-refractivity contribution in [2.24, 2.45) is 0 Å². The number of aryl methyl sites for hydroxylation is 2. The van der Waals surface area contributed by atoms with E-state index in [4.69, 9.17) is 5.73 Å². The summed E-state index contributed by atoms with van der Waals surface area (Å²) in [6.07, 6.45) is 6.19. The molecule has 1 aliphatic carbocycles. The SMILES string of the molecule is Nc1ccnc(C2CCCN2S(=O)(=O)c2ccc3c(c2)CCC3)n1. The number of hydrogen-bond acceptors (Lipinski definition) is 5. The third kappa shape index (κ3) is 2.57. The molecule has 1 saturated heterocycles. The van der Waals surface area contributed by atoms with E-state index < -0.39 is 10.0 Å². The van der Waals surface area contributed by atoms with Gasteiger partial charge < -0.3 is 5.73 Å². The third-order valence-corrected chi connectivity index (χ3v) is 6.78. The lowest BCUT2D eigenvalue weighted by Crippen LogP contribution is -2.31. The number of aromatic nitrogens is 2. The van der Waals surface area contributed by atoms with Crippen LogP contribution in [-0.2, 0) is 22.9 Å². The summed E-state index contributed by atoms with van der Waals surface area (Å²) >= 11 is 0. The summed E-state index contributed by atoms with van der Waals surface area (Å²) in [5.74, 6) is 0.846. The number of fused-ring (bicyclic) bond motifs is 1. The fourth-order valence-electron chi connectivity index (χ4n) is 3.68. The summed E-state index contributed by atoms with van der Waals surface area (Å²) in [4.78, 5) is 8.84. The number of nitrogens with zero attached hydrogens (tertiary/aromatic N) is 3. The van der Waals surface area contributed by atoms with Gasteiger partial charge in [-0.3, -0.25) is 0 Å². The molecule has 4 rings (SSSR count). The van der Waals surface area contributed by atoms with Gasteiger partial charge in [0.1, 0.15) is 11.6 Å². The maximum Gasteiger partial charge on any atom is 0.243 e. The van der Waals surface area contributed by atoms with Crippen LogP contribution in [0.4, 0.5) is 5.82 Å². The van der Waals surface area contributed by atoms with Gasteiger partial charge in [0.25, 0.3) is 0 Å². The van der Waals surface area contributed by atoms with Crippen molar-refractivity contribution in [3.63, 3.8) is 0 Å². The van der Waals surface area contributed by atoms with Gasteiger partial charge in [-0.2, -0.15) is 4.31 Å². The fourth-order valence-corrected chi connectivity index (χ4v) is 5.39. The summed E-state index contributed by atoms with van der Waals surface area (Å²) in [7, 11) is -3.56. The smallest absolute Gasteiger partial charge is 0.243 e. The van der Waals surface area contributed by atoms with E-state index in [0.717, 1.165) is 31.2 Å². The molecule has 0 bridgehead atoms. The second kappa shape index (κ2) is 5.82. The average Bonchev–Trinajstić information content (AvgIpc) is 3.23. The van der Waals surface area contributed by atoms with Gasteiger partial charge >= 0.3 is 0 Å². The Labute approximate surface area is 141 Å². The minimum absolute atomic E-state index is 0.341. The lowest BCUT2D eigenvalue weighted by molar-refractivity contribution is 0.383. The van der Waals surface area contributed by atoms with Crippen LogP contribution in [0.3, 0.4) is 0 Å². The van der Waals surface area contributed by atoms with Crippen LogP contribution in [0, 0.1) is 0 Å². The molecule has 2 aromatic rings. The lowest BCUT2D eigenvalue weighted by atomic mass is 10.1. The Bertz CT molecular complexity index is 882. The second-order valence-corrected chi connectivity index (χ2v) is 8.29. The van der Waals surface area contributed by atoms with E-state index in [1.807, 2.05) is 12.1 Å². The minimum Gasteiger partial charge on any atom is -0.384 e. The quantitative estimate of drug-likeness (QED) is 0.921. The normalized spacial score (nSPS) is 21.1. The number of rotatable bonds is 3. The molecule has 1 aromatic heterocycles. The average molecular weight is 344 g/mol. The molecule has 0 radical (unpaired) electrons. The van der Waals surface area contributed by atoms with Crippen LogP contribution in [0.1, 0.15) is 42.3 Å². The maximum absolute atomic E-state index is 13.1. The molecule has 0 spiro atoms. The summed E-state index contributed by atoms with van der Waals surface area (Å²) in [5.41, 5.74) is 8.16. The Morgan fingerprint density at radius 3 is 2.79 bits per heavy atom. The van der Waals surface area contributed by atoms with Crippen LogP contribution < -0.4 is 5.73 Å². The molecule has 7 heteroatoms. The number of nitrogens with two attached hydrogens (primary N) is 1. The predicted octanol–water partition coefficient (Wildman–Crippen LogP) is 2.07. The Morgan fingerprint density at radius 2 is 1.96 bits per heavy atom. The van der Waals surface area contributed by atoms with Crippen LogP contribution in [0.2, 0.25) is 0 Å². The van der Waals surface area contributed by atoms with Crippen LogP contribution in [0.15, 0.2) is 35.4 Å². The molecule has 1 unspecified atom stereocenters. The first-order valence-corrected chi connectivity index (χ1v) is 9.72. The van der Waals surface area contributed by atoms with E-state index in [-0.39, 0.29) is 6.04 Å². The summed E-state index contributed by atoms with van der Waals surface area (Å²) in [5, 5.41) is 0. The fraction of sp³-hybridized carbons (Fsp3) is 0.412. The van der Waals surface area contributed by atoms with E-state index in [1.165, 1.54) is 9.87 Å². The van der Waals surface area contributed by atoms with Crippen molar-refractivity contribution < 1.29 is 8.42 Å². The molecular weight excluding hydrogens is 324 g/mol. The molecule has 2 aliphatic rings. The number of nitrogen functional groups attached to an aromatic ring is 1. The van der Waals surface area contributed by atoms with Crippen molar-refractivity contribution in [2.75, 3.05) is 12.3 Å². The highest BCUT2D eigenvalue weighted by Crippen LogP contribution is 2.36. The van der Waals surface area contributed by atoms with Crippen LogP contribution in [-0.4, -0.2) is 29.2 Å².